The molecule has 0 spiro atoms. The minimum Gasteiger partial charge on any atom is -0.382 e. The summed E-state index contributed by atoms with van der Waals surface area (Å²) in [6.07, 6.45) is 1.39. The first-order valence-corrected chi connectivity index (χ1v) is 6.04. The first-order chi connectivity index (χ1) is 8.06. The monoisotopic (exact) mass is 258 g/mol. The summed E-state index contributed by atoms with van der Waals surface area (Å²) in [6.45, 7) is 7.47. The molecule has 0 aliphatic rings. The zero-order valence-corrected chi connectivity index (χ0v) is 11.2. The Morgan fingerprint density at radius 2 is 2.18 bits per heavy atom. The van der Waals surface area contributed by atoms with E-state index in [-0.39, 0.29) is 11.9 Å². The number of ether oxygens (including phenoxy) is 1. The second-order valence-electron chi connectivity index (χ2n) is 4.08. The Bertz CT molecular complexity index is 359. The van der Waals surface area contributed by atoms with Crippen molar-refractivity contribution in [3.05, 3.63) is 11.3 Å². The van der Waals surface area contributed by atoms with Crippen molar-refractivity contribution in [2.75, 3.05) is 24.3 Å². The van der Waals surface area contributed by atoms with Crippen molar-refractivity contribution in [2.45, 2.75) is 26.8 Å². The lowest BCUT2D eigenvalue weighted by Crippen LogP contribution is -2.31. The summed E-state index contributed by atoms with van der Waals surface area (Å²) in [5.41, 5.74) is 5.62. The maximum Gasteiger partial charge on any atom is 0.150 e. The Morgan fingerprint density at radius 3 is 2.76 bits per heavy atom. The largest absolute Gasteiger partial charge is 0.382 e. The van der Waals surface area contributed by atoms with Crippen LogP contribution in [0.15, 0.2) is 6.33 Å². The van der Waals surface area contributed by atoms with Gasteiger partial charge in [-0.1, -0.05) is 25.4 Å². The molecule has 0 radical (unpaired) electrons. The van der Waals surface area contributed by atoms with Crippen molar-refractivity contribution in [2.24, 2.45) is 5.92 Å². The van der Waals surface area contributed by atoms with Gasteiger partial charge in [-0.05, 0) is 12.8 Å². The molecule has 0 aliphatic heterocycles. The van der Waals surface area contributed by atoms with Crippen LogP contribution in [0.3, 0.4) is 0 Å². The lowest BCUT2D eigenvalue weighted by Gasteiger charge is -2.23. The Hall–Kier alpha value is -1.07. The van der Waals surface area contributed by atoms with Crippen LogP contribution in [0.2, 0.25) is 5.02 Å². The van der Waals surface area contributed by atoms with Gasteiger partial charge < -0.3 is 15.8 Å². The van der Waals surface area contributed by atoms with Crippen LogP contribution in [0.1, 0.15) is 20.8 Å². The number of rotatable bonds is 6. The zero-order valence-electron chi connectivity index (χ0n) is 10.4. The van der Waals surface area contributed by atoms with E-state index in [2.05, 4.69) is 29.1 Å². The van der Waals surface area contributed by atoms with Crippen LogP contribution in [0.25, 0.3) is 0 Å². The first-order valence-electron chi connectivity index (χ1n) is 5.66. The number of hydrogen-bond donors (Lipinski definition) is 2. The van der Waals surface area contributed by atoms with Gasteiger partial charge >= 0.3 is 0 Å². The topological polar surface area (TPSA) is 73.1 Å². The second kappa shape index (κ2) is 6.61. The average Bonchev–Trinajstić information content (AvgIpc) is 2.29. The van der Waals surface area contributed by atoms with Gasteiger partial charge in [0.2, 0.25) is 0 Å². The van der Waals surface area contributed by atoms with Gasteiger partial charge in [-0.15, -0.1) is 0 Å². The molecular formula is C11H19ClN4O. The van der Waals surface area contributed by atoms with Crippen LogP contribution in [-0.4, -0.2) is 29.2 Å². The van der Waals surface area contributed by atoms with Crippen molar-refractivity contribution >= 4 is 23.2 Å². The van der Waals surface area contributed by atoms with Gasteiger partial charge in [-0.3, -0.25) is 0 Å². The highest BCUT2D eigenvalue weighted by molar-refractivity contribution is 6.35. The van der Waals surface area contributed by atoms with E-state index in [9.17, 15) is 0 Å². The molecular weight excluding hydrogens is 240 g/mol. The molecule has 1 atom stereocenters. The smallest absolute Gasteiger partial charge is 0.150 e. The number of halogens is 1. The molecule has 0 fully saturated rings. The number of nitrogens with one attached hydrogen (secondary N) is 1. The van der Waals surface area contributed by atoms with Gasteiger partial charge in [0.1, 0.15) is 17.2 Å². The molecule has 0 aromatic carbocycles. The third-order valence-corrected chi connectivity index (χ3v) is 2.82. The molecule has 0 aliphatic carbocycles. The van der Waals surface area contributed by atoms with Gasteiger partial charge in [0.05, 0.1) is 12.6 Å². The minimum atomic E-state index is 0.141. The maximum absolute atomic E-state index is 6.02. The highest BCUT2D eigenvalue weighted by atomic mass is 35.5. The van der Waals surface area contributed by atoms with Crippen LogP contribution in [-0.2, 0) is 4.74 Å². The molecule has 0 bridgehead atoms. The van der Waals surface area contributed by atoms with Gasteiger partial charge in [0.15, 0.2) is 5.82 Å². The van der Waals surface area contributed by atoms with Crippen molar-refractivity contribution < 1.29 is 4.74 Å². The predicted octanol–water partition coefficient (Wildman–Crippen LogP) is 2.19. The molecule has 1 rings (SSSR count). The van der Waals surface area contributed by atoms with E-state index in [1.807, 2.05) is 6.92 Å². The summed E-state index contributed by atoms with van der Waals surface area (Å²) >= 11 is 6.02. The zero-order chi connectivity index (χ0) is 12.8. The van der Waals surface area contributed by atoms with Crippen molar-refractivity contribution in [1.82, 2.24) is 9.97 Å². The fraction of sp³-hybridized carbons (Fsp3) is 0.636. The van der Waals surface area contributed by atoms with Gasteiger partial charge in [-0.25, -0.2) is 9.97 Å². The Labute approximate surface area is 107 Å². The SMILES string of the molecule is CCOCC(Nc1ncnc(N)c1Cl)C(C)C. The normalized spacial score (nSPS) is 12.8. The quantitative estimate of drug-likeness (QED) is 0.818. The predicted molar refractivity (Wildman–Crippen MR) is 70.2 cm³/mol. The molecule has 5 nitrogen and oxygen atoms in total. The molecule has 3 N–H and O–H groups in total. The van der Waals surface area contributed by atoms with Gasteiger partial charge in [0.25, 0.3) is 0 Å². The molecule has 1 aromatic heterocycles. The van der Waals surface area contributed by atoms with Gasteiger partial charge in [-0.2, -0.15) is 0 Å². The molecule has 1 unspecified atom stereocenters. The number of nitrogens with two attached hydrogens (primary N) is 1. The summed E-state index contributed by atoms with van der Waals surface area (Å²) < 4.78 is 5.42. The third-order valence-electron chi connectivity index (χ3n) is 2.44. The molecule has 0 saturated heterocycles. The minimum absolute atomic E-state index is 0.141. The molecule has 1 heterocycles. The van der Waals surface area contributed by atoms with Crippen molar-refractivity contribution in [1.29, 1.82) is 0 Å². The van der Waals surface area contributed by atoms with E-state index < -0.39 is 0 Å². The highest BCUT2D eigenvalue weighted by Crippen LogP contribution is 2.24. The Morgan fingerprint density at radius 1 is 1.47 bits per heavy atom. The van der Waals surface area contributed by atoms with E-state index in [0.717, 1.165) is 0 Å². The molecule has 17 heavy (non-hydrogen) atoms. The van der Waals surface area contributed by atoms with Crippen LogP contribution < -0.4 is 11.1 Å². The lowest BCUT2D eigenvalue weighted by molar-refractivity contribution is 0.126. The number of hydrogen-bond acceptors (Lipinski definition) is 5. The summed E-state index contributed by atoms with van der Waals surface area (Å²) in [5.74, 6) is 1.23. The number of nitrogen functional groups attached to an aromatic ring is 1. The van der Waals surface area contributed by atoms with E-state index in [4.69, 9.17) is 22.1 Å². The highest BCUT2D eigenvalue weighted by Gasteiger charge is 2.16. The summed E-state index contributed by atoms with van der Waals surface area (Å²) in [6, 6.07) is 0.141. The summed E-state index contributed by atoms with van der Waals surface area (Å²) in [5, 5.41) is 3.59. The lowest BCUT2D eigenvalue weighted by atomic mass is 10.1. The Balaban J connectivity index is 2.75. The third kappa shape index (κ3) is 4.02. The van der Waals surface area contributed by atoms with Crippen LogP contribution in [0.5, 0.6) is 0 Å². The van der Waals surface area contributed by atoms with E-state index >= 15 is 0 Å². The molecule has 0 amide bonds. The molecule has 96 valence electrons. The fourth-order valence-electron chi connectivity index (χ4n) is 1.31. The molecule has 0 saturated carbocycles. The second-order valence-corrected chi connectivity index (χ2v) is 4.45. The van der Waals surface area contributed by atoms with Crippen LogP contribution >= 0.6 is 11.6 Å². The van der Waals surface area contributed by atoms with E-state index in [1.165, 1.54) is 6.33 Å². The number of aromatic nitrogens is 2. The van der Waals surface area contributed by atoms with Crippen molar-refractivity contribution in [3.8, 4) is 0 Å². The number of nitrogens with zero attached hydrogens (tertiary/aromatic N) is 2. The van der Waals surface area contributed by atoms with Crippen LogP contribution in [0, 0.1) is 5.92 Å². The van der Waals surface area contributed by atoms with Crippen LogP contribution in [0.4, 0.5) is 11.6 Å². The average molecular weight is 259 g/mol. The fourth-order valence-corrected chi connectivity index (χ4v) is 1.46. The molecule has 1 aromatic rings. The summed E-state index contributed by atoms with van der Waals surface area (Å²) in [7, 11) is 0. The van der Waals surface area contributed by atoms with Crippen molar-refractivity contribution in [3.63, 3.8) is 0 Å². The molecule has 6 heteroatoms. The Kier molecular flexibility index (Phi) is 5.44. The first kappa shape index (κ1) is 14.0. The van der Waals surface area contributed by atoms with Gasteiger partial charge in [0, 0.05) is 6.61 Å². The summed E-state index contributed by atoms with van der Waals surface area (Å²) in [4.78, 5) is 7.90. The van der Waals surface area contributed by atoms with E-state index in [0.29, 0.717) is 30.0 Å². The van der Waals surface area contributed by atoms with E-state index in [1.54, 1.807) is 0 Å². The maximum atomic E-state index is 6.02. The standard InChI is InChI=1S/C11H19ClN4O/c1-4-17-5-8(7(2)3)16-11-9(12)10(13)14-6-15-11/h6-8H,4-5H2,1-3H3,(H3,13,14,15,16). The number of anilines is 2.